The minimum absolute atomic E-state index is 0.0304. The Morgan fingerprint density at radius 1 is 1.00 bits per heavy atom. The molecule has 4 aromatic carbocycles. The van der Waals surface area contributed by atoms with E-state index in [1.54, 1.807) is 42.5 Å². The summed E-state index contributed by atoms with van der Waals surface area (Å²) in [4.78, 5) is 23.3. The molecule has 1 unspecified atom stereocenters. The molecule has 1 aliphatic rings. The predicted octanol–water partition coefficient (Wildman–Crippen LogP) is 9.11. The van der Waals surface area contributed by atoms with Crippen molar-refractivity contribution in [3.05, 3.63) is 115 Å². The second kappa shape index (κ2) is 12.8. The van der Waals surface area contributed by atoms with Crippen LogP contribution in [0.1, 0.15) is 33.5 Å². The van der Waals surface area contributed by atoms with Crippen LogP contribution in [0.3, 0.4) is 0 Å². The molecular weight excluding hydrogens is 668 g/mol. The van der Waals surface area contributed by atoms with E-state index in [9.17, 15) is 22.4 Å². The number of carbonyl (C=O) groups excluding carboxylic acids is 1. The first-order valence-corrected chi connectivity index (χ1v) is 14.3. The van der Waals surface area contributed by atoms with Gasteiger partial charge in [0.25, 0.3) is 11.5 Å². The van der Waals surface area contributed by atoms with Gasteiger partial charge < -0.3 is 15.0 Å². The number of rotatable bonds is 8. The molecule has 0 fully saturated rings. The number of alkyl halides is 3. The van der Waals surface area contributed by atoms with Gasteiger partial charge in [0.1, 0.15) is 6.61 Å². The summed E-state index contributed by atoms with van der Waals surface area (Å²) in [5.41, 5.74) is -2.19. The maximum Gasteiger partial charge on any atom is 0.435 e. The second-order valence-electron chi connectivity index (χ2n) is 9.64. The molecule has 1 N–H and O–H groups in total. The van der Waals surface area contributed by atoms with Crippen LogP contribution in [-0.4, -0.2) is 30.6 Å². The molecule has 44 heavy (non-hydrogen) atoms. The number of carbonyl (C=O) groups is 1. The molecule has 14 heteroatoms. The van der Waals surface area contributed by atoms with Crippen molar-refractivity contribution in [1.29, 1.82) is 0 Å². The molecule has 0 aromatic heterocycles. The molecule has 6 nitrogen and oxygen atoms in total. The molecule has 1 amide bonds. The van der Waals surface area contributed by atoms with E-state index in [1.165, 1.54) is 18.3 Å². The van der Waals surface area contributed by atoms with Gasteiger partial charge in [-0.05, 0) is 52.7 Å². The van der Waals surface area contributed by atoms with E-state index in [1.807, 2.05) is 0 Å². The summed E-state index contributed by atoms with van der Waals surface area (Å²) in [7, 11) is 0. The molecule has 1 aliphatic heterocycles. The summed E-state index contributed by atoms with van der Waals surface area (Å²) >= 11 is 23.5. The Labute approximate surface area is 268 Å². The summed E-state index contributed by atoms with van der Waals surface area (Å²) < 4.78 is 57.5. The van der Waals surface area contributed by atoms with Crippen LogP contribution in [0.4, 0.5) is 17.6 Å². The summed E-state index contributed by atoms with van der Waals surface area (Å²) in [6.45, 7) is 0.143. The standard InChI is InChI=1S/C30H19Cl4F4N3O3/c31-18-9-16(10-19(32)13-18)15-43-40-8-7-39-28(42)23-6-5-22(20-3-1-2-4-21(20)23)26-14-29(44-41-26,30(36,37)38)17-11-24(33)27(35)25(34)12-17/h1-6,8-13H,7,14-15H2,(H,39,42). The van der Waals surface area contributed by atoms with Crippen LogP contribution in [0, 0.1) is 5.82 Å². The first-order chi connectivity index (χ1) is 20.9. The van der Waals surface area contributed by atoms with Gasteiger partial charge in [-0.1, -0.05) is 87.0 Å². The van der Waals surface area contributed by atoms with Crippen LogP contribution in [0.2, 0.25) is 20.1 Å². The van der Waals surface area contributed by atoms with Gasteiger partial charge in [-0.15, -0.1) is 0 Å². The number of hydrogen-bond acceptors (Lipinski definition) is 5. The number of fused-ring (bicyclic) bond motifs is 1. The van der Waals surface area contributed by atoms with Crippen molar-refractivity contribution < 1.29 is 32.0 Å². The molecule has 0 radical (unpaired) electrons. The lowest BCUT2D eigenvalue weighted by atomic mass is 9.85. The van der Waals surface area contributed by atoms with Gasteiger partial charge >= 0.3 is 6.18 Å². The number of nitrogens with one attached hydrogen (secondary N) is 1. The van der Waals surface area contributed by atoms with Crippen molar-refractivity contribution in [2.45, 2.75) is 24.8 Å². The minimum atomic E-state index is -4.97. The molecule has 1 heterocycles. The zero-order valence-electron chi connectivity index (χ0n) is 22.2. The SMILES string of the molecule is O=C(NCC=NOCc1cc(Cl)cc(Cl)c1)c1ccc(C2=NOC(c3cc(Cl)c(F)c(Cl)c3)(C(F)(F)F)C2)c2ccccc12. The quantitative estimate of drug-likeness (QED) is 0.0870. The number of halogens is 8. The first kappa shape index (κ1) is 31.8. The van der Waals surface area contributed by atoms with Gasteiger partial charge in [0, 0.05) is 33.2 Å². The van der Waals surface area contributed by atoms with Gasteiger partial charge in [-0.2, -0.15) is 13.2 Å². The highest BCUT2D eigenvalue weighted by molar-refractivity contribution is 6.35. The van der Waals surface area contributed by atoms with E-state index in [0.717, 1.165) is 12.1 Å². The highest BCUT2D eigenvalue weighted by Gasteiger charge is 2.62. The third-order valence-corrected chi connectivity index (χ3v) is 7.76. The fraction of sp³-hybridized carbons (Fsp3) is 0.167. The topological polar surface area (TPSA) is 72.3 Å². The van der Waals surface area contributed by atoms with Gasteiger partial charge in [0.2, 0.25) is 0 Å². The van der Waals surface area contributed by atoms with Crippen molar-refractivity contribution >= 4 is 75.0 Å². The first-order valence-electron chi connectivity index (χ1n) is 12.8. The van der Waals surface area contributed by atoms with Crippen molar-refractivity contribution in [1.82, 2.24) is 5.32 Å². The van der Waals surface area contributed by atoms with Crippen molar-refractivity contribution in [3.63, 3.8) is 0 Å². The lowest BCUT2D eigenvalue weighted by molar-refractivity contribution is -0.275. The van der Waals surface area contributed by atoms with E-state index >= 15 is 0 Å². The molecule has 5 rings (SSSR count). The highest BCUT2D eigenvalue weighted by atomic mass is 35.5. The Kier molecular flexibility index (Phi) is 9.27. The summed E-state index contributed by atoms with van der Waals surface area (Å²) in [5.74, 6) is -1.50. The maximum atomic E-state index is 14.5. The van der Waals surface area contributed by atoms with Crippen LogP contribution in [-0.2, 0) is 21.9 Å². The predicted molar refractivity (Wildman–Crippen MR) is 162 cm³/mol. The van der Waals surface area contributed by atoms with Gasteiger partial charge in [0.05, 0.1) is 28.5 Å². The number of amides is 1. The Morgan fingerprint density at radius 3 is 2.32 bits per heavy atom. The largest absolute Gasteiger partial charge is 0.435 e. The van der Waals surface area contributed by atoms with Crippen molar-refractivity contribution in [3.8, 4) is 0 Å². The third-order valence-electron chi connectivity index (χ3n) is 6.77. The third kappa shape index (κ3) is 6.44. The maximum absolute atomic E-state index is 14.5. The Balaban J connectivity index is 1.33. The fourth-order valence-electron chi connectivity index (χ4n) is 4.72. The van der Waals surface area contributed by atoms with E-state index in [4.69, 9.17) is 56.1 Å². The lowest BCUT2D eigenvalue weighted by Crippen LogP contribution is -2.42. The molecule has 0 saturated carbocycles. The van der Waals surface area contributed by atoms with Crippen LogP contribution in [0.5, 0.6) is 0 Å². The lowest BCUT2D eigenvalue weighted by Gasteiger charge is -2.29. The molecule has 228 valence electrons. The summed E-state index contributed by atoms with van der Waals surface area (Å²) in [6, 6.07) is 16.2. The second-order valence-corrected chi connectivity index (χ2v) is 11.3. The smallest absolute Gasteiger partial charge is 0.391 e. The van der Waals surface area contributed by atoms with E-state index < -0.39 is 45.5 Å². The van der Waals surface area contributed by atoms with Gasteiger partial charge in [-0.3, -0.25) is 4.79 Å². The summed E-state index contributed by atoms with van der Waals surface area (Å²) in [6.07, 6.45) is -4.36. The normalized spacial score (nSPS) is 16.7. The zero-order chi connectivity index (χ0) is 31.6. The van der Waals surface area contributed by atoms with Crippen LogP contribution in [0.25, 0.3) is 10.8 Å². The van der Waals surface area contributed by atoms with E-state index in [-0.39, 0.29) is 24.4 Å². The Hall–Kier alpha value is -3.57. The molecule has 0 bridgehead atoms. The van der Waals surface area contributed by atoms with Crippen molar-refractivity contribution in [2.75, 3.05) is 6.54 Å². The van der Waals surface area contributed by atoms with Gasteiger partial charge in [-0.25, -0.2) is 4.39 Å². The molecule has 0 spiro atoms. The minimum Gasteiger partial charge on any atom is -0.391 e. The Morgan fingerprint density at radius 2 is 1.66 bits per heavy atom. The van der Waals surface area contributed by atoms with Gasteiger partial charge in [0.15, 0.2) is 5.82 Å². The number of benzene rings is 4. The van der Waals surface area contributed by atoms with Crippen LogP contribution < -0.4 is 5.32 Å². The molecular formula is C30H19Cl4F4N3O3. The summed E-state index contributed by atoms with van der Waals surface area (Å²) in [5, 5.41) is 11.0. The monoisotopic (exact) mass is 685 g/mol. The van der Waals surface area contributed by atoms with E-state index in [0.29, 0.717) is 31.9 Å². The average molecular weight is 687 g/mol. The highest BCUT2D eigenvalue weighted by Crippen LogP contribution is 2.50. The van der Waals surface area contributed by atoms with Crippen molar-refractivity contribution in [2.24, 2.45) is 10.3 Å². The molecule has 0 saturated heterocycles. The van der Waals surface area contributed by atoms with E-state index in [2.05, 4.69) is 15.6 Å². The average Bonchev–Trinajstić information content (AvgIpc) is 3.43. The van der Waals surface area contributed by atoms with Crippen LogP contribution in [0.15, 0.2) is 77.0 Å². The zero-order valence-corrected chi connectivity index (χ0v) is 25.2. The number of nitrogens with zero attached hydrogens (tertiary/aromatic N) is 2. The van der Waals surface area contributed by atoms with Crippen LogP contribution >= 0.6 is 46.4 Å². The number of oxime groups is 2. The molecule has 4 aromatic rings. The molecule has 1 atom stereocenters. The fourth-order valence-corrected chi connectivity index (χ4v) is 5.77. The molecule has 0 aliphatic carbocycles. The number of hydrogen-bond donors (Lipinski definition) is 1. The Bertz CT molecular complexity index is 1770.